The SMILES string of the molecule is CB(O)N=C(NC[C@@H]1CCC[C@@H](CN)C1)NB(C)O. The third-order valence-corrected chi connectivity index (χ3v) is 3.44. The van der Waals surface area contributed by atoms with Crippen LogP contribution in [0.25, 0.3) is 0 Å². The molecule has 0 aliphatic heterocycles. The van der Waals surface area contributed by atoms with Gasteiger partial charge >= 0.3 is 14.1 Å². The van der Waals surface area contributed by atoms with Crippen LogP contribution in [0.4, 0.5) is 0 Å². The predicted molar refractivity (Wildman–Crippen MR) is 80.7 cm³/mol. The van der Waals surface area contributed by atoms with E-state index in [1.54, 1.807) is 13.6 Å². The van der Waals surface area contributed by atoms with E-state index in [2.05, 4.69) is 15.4 Å². The van der Waals surface area contributed by atoms with Gasteiger partial charge in [-0.2, -0.15) is 0 Å². The zero-order valence-electron chi connectivity index (χ0n) is 12.0. The van der Waals surface area contributed by atoms with Crippen molar-refractivity contribution < 1.29 is 10.0 Å². The van der Waals surface area contributed by atoms with Gasteiger partial charge in [0.15, 0.2) is 5.96 Å². The number of nitrogens with one attached hydrogen (secondary N) is 2. The summed E-state index contributed by atoms with van der Waals surface area (Å²) < 4.78 is 0. The Bertz CT molecular complexity index is 290. The number of hydrogen-bond acceptors (Lipinski definition) is 4. The van der Waals surface area contributed by atoms with Crippen LogP contribution < -0.4 is 16.3 Å². The van der Waals surface area contributed by atoms with Crippen molar-refractivity contribution in [2.75, 3.05) is 13.1 Å². The van der Waals surface area contributed by atoms with Gasteiger partial charge in [0.25, 0.3) is 0 Å². The first-order valence-electron chi connectivity index (χ1n) is 7.15. The molecule has 0 spiro atoms. The largest absolute Gasteiger partial charge is 0.433 e. The van der Waals surface area contributed by atoms with Crippen molar-refractivity contribution in [1.82, 2.24) is 10.5 Å². The van der Waals surface area contributed by atoms with Gasteiger partial charge in [-0.15, -0.1) is 0 Å². The highest BCUT2D eigenvalue weighted by atomic mass is 16.2. The molecule has 0 saturated heterocycles. The van der Waals surface area contributed by atoms with Crippen molar-refractivity contribution in [2.45, 2.75) is 39.3 Å². The van der Waals surface area contributed by atoms with E-state index in [1.807, 2.05) is 0 Å². The Hall–Kier alpha value is -0.720. The molecule has 2 atom stereocenters. The molecule has 1 rings (SSSR count). The van der Waals surface area contributed by atoms with Crippen LogP contribution in [0.2, 0.25) is 13.6 Å². The van der Waals surface area contributed by atoms with Gasteiger partial charge in [0.2, 0.25) is 0 Å². The van der Waals surface area contributed by atoms with Crippen molar-refractivity contribution >= 4 is 20.1 Å². The Morgan fingerprint density at radius 3 is 2.58 bits per heavy atom. The van der Waals surface area contributed by atoms with Crippen LogP contribution in [-0.4, -0.2) is 43.2 Å². The normalized spacial score (nSPS) is 23.9. The minimum Gasteiger partial charge on any atom is -0.433 e. The average Bonchev–Trinajstić information content (AvgIpc) is 2.35. The molecule has 0 aromatic rings. The molecular weight excluding hydrogens is 242 g/mol. The maximum Gasteiger partial charge on any atom is 0.431 e. The van der Waals surface area contributed by atoms with Gasteiger partial charge in [-0.3, -0.25) is 4.90 Å². The Morgan fingerprint density at radius 2 is 2.00 bits per heavy atom. The van der Waals surface area contributed by atoms with Crippen LogP contribution in [0.1, 0.15) is 25.7 Å². The monoisotopic (exact) mass is 268 g/mol. The first kappa shape index (κ1) is 16.3. The van der Waals surface area contributed by atoms with Gasteiger partial charge in [0, 0.05) is 6.54 Å². The molecule has 19 heavy (non-hydrogen) atoms. The standard InChI is InChI=1S/C11H26B2N4O2/c1-12(18)16-11(17-13(2)19)15-8-10-5-3-4-9(6-10)7-14/h9-10,18-19H,3-8,14H2,1-2H3,(H2,15,16,17)/t9-,10-/m1/s1. The Balaban J connectivity index is 2.42. The van der Waals surface area contributed by atoms with Crippen LogP contribution in [0.15, 0.2) is 4.90 Å². The van der Waals surface area contributed by atoms with Crippen LogP contribution in [0.5, 0.6) is 0 Å². The highest BCUT2D eigenvalue weighted by Gasteiger charge is 2.21. The molecule has 0 radical (unpaired) electrons. The molecule has 6 N–H and O–H groups in total. The van der Waals surface area contributed by atoms with Crippen LogP contribution in [0, 0.1) is 11.8 Å². The zero-order valence-corrected chi connectivity index (χ0v) is 12.0. The van der Waals surface area contributed by atoms with Gasteiger partial charge < -0.3 is 26.3 Å². The summed E-state index contributed by atoms with van der Waals surface area (Å²) in [7, 11) is -1.50. The molecule has 0 aromatic carbocycles. The second-order valence-electron chi connectivity index (χ2n) is 5.45. The maximum atomic E-state index is 9.32. The fourth-order valence-corrected chi connectivity index (χ4v) is 2.56. The van der Waals surface area contributed by atoms with Crippen molar-refractivity contribution in [2.24, 2.45) is 22.5 Å². The van der Waals surface area contributed by atoms with Crippen molar-refractivity contribution in [3.63, 3.8) is 0 Å². The van der Waals surface area contributed by atoms with E-state index in [-0.39, 0.29) is 0 Å². The van der Waals surface area contributed by atoms with E-state index in [4.69, 9.17) is 5.73 Å². The fourth-order valence-electron chi connectivity index (χ4n) is 2.56. The molecule has 6 nitrogen and oxygen atoms in total. The van der Waals surface area contributed by atoms with E-state index in [1.165, 1.54) is 19.3 Å². The quantitative estimate of drug-likeness (QED) is 0.263. The predicted octanol–water partition coefficient (Wildman–Crippen LogP) is -0.493. The van der Waals surface area contributed by atoms with E-state index in [9.17, 15) is 10.0 Å². The Labute approximate surface area is 116 Å². The molecule has 1 fully saturated rings. The lowest BCUT2D eigenvalue weighted by Gasteiger charge is -2.29. The minimum absolute atomic E-state index is 0.444. The first-order chi connectivity index (χ1) is 9.01. The second-order valence-corrected chi connectivity index (χ2v) is 5.45. The Morgan fingerprint density at radius 1 is 1.32 bits per heavy atom. The third kappa shape index (κ3) is 6.84. The summed E-state index contributed by atoms with van der Waals surface area (Å²) in [6.45, 7) is 4.75. The summed E-state index contributed by atoms with van der Waals surface area (Å²) >= 11 is 0. The lowest BCUT2D eigenvalue weighted by atomic mass is 9.81. The lowest BCUT2D eigenvalue weighted by Crippen LogP contribution is -2.47. The summed E-state index contributed by atoms with van der Waals surface area (Å²) in [4.78, 5) is 4.01. The van der Waals surface area contributed by atoms with Gasteiger partial charge in [0.1, 0.15) is 0 Å². The van der Waals surface area contributed by atoms with E-state index in [0.717, 1.165) is 19.5 Å². The van der Waals surface area contributed by atoms with Gasteiger partial charge in [-0.1, -0.05) is 6.42 Å². The zero-order chi connectivity index (χ0) is 14.3. The van der Waals surface area contributed by atoms with Gasteiger partial charge in [-0.05, 0) is 51.3 Å². The molecule has 1 saturated carbocycles. The second kappa shape index (κ2) is 8.45. The van der Waals surface area contributed by atoms with Crippen LogP contribution >= 0.6 is 0 Å². The Kier molecular flexibility index (Phi) is 7.26. The number of nitrogens with zero attached hydrogens (tertiary/aromatic N) is 1. The van der Waals surface area contributed by atoms with Crippen molar-refractivity contribution in [3.8, 4) is 0 Å². The highest BCUT2D eigenvalue weighted by molar-refractivity contribution is 6.52. The number of hydrogen-bond donors (Lipinski definition) is 5. The molecule has 8 heteroatoms. The van der Waals surface area contributed by atoms with Crippen LogP contribution in [-0.2, 0) is 0 Å². The van der Waals surface area contributed by atoms with E-state index >= 15 is 0 Å². The molecule has 0 aromatic heterocycles. The molecule has 0 heterocycles. The molecule has 1 aliphatic rings. The molecule has 108 valence electrons. The topological polar surface area (TPSA) is 103 Å². The molecule has 1 aliphatic carbocycles. The minimum atomic E-state index is -0.795. The van der Waals surface area contributed by atoms with Crippen molar-refractivity contribution in [1.29, 1.82) is 0 Å². The molecule has 0 amide bonds. The molecular formula is C11H26B2N4O2. The number of nitrogens with two attached hydrogens (primary N) is 1. The molecule has 0 unspecified atom stereocenters. The number of rotatable bonds is 5. The summed E-state index contributed by atoms with van der Waals surface area (Å²) in [6, 6.07) is 0. The van der Waals surface area contributed by atoms with Crippen LogP contribution in [0.3, 0.4) is 0 Å². The summed E-state index contributed by atoms with van der Waals surface area (Å²) in [5.41, 5.74) is 5.73. The van der Waals surface area contributed by atoms with Gasteiger partial charge in [0.05, 0.1) is 0 Å². The van der Waals surface area contributed by atoms with Gasteiger partial charge in [-0.25, -0.2) is 0 Å². The smallest absolute Gasteiger partial charge is 0.431 e. The average molecular weight is 268 g/mol. The highest BCUT2D eigenvalue weighted by Crippen LogP contribution is 2.27. The molecule has 0 bridgehead atoms. The fraction of sp³-hybridized carbons (Fsp3) is 0.909. The van der Waals surface area contributed by atoms with E-state index in [0.29, 0.717) is 17.8 Å². The number of guanidine groups is 1. The third-order valence-electron chi connectivity index (χ3n) is 3.44. The lowest BCUT2D eigenvalue weighted by molar-refractivity contribution is 0.271. The summed E-state index contributed by atoms with van der Waals surface area (Å²) in [6.07, 6.45) is 4.79. The van der Waals surface area contributed by atoms with E-state index < -0.39 is 14.1 Å². The van der Waals surface area contributed by atoms with Crippen molar-refractivity contribution in [3.05, 3.63) is 0 Å². The summed E-state index contributed by atoms with van der Waals surface area (Å²) in [5, 5.41) is 24.6. The first-order valence-corrected chi connectivity index (χ1v) is 7.15. The maximum absolute atomic E-state index is 9.32. The summed E-state index contributed by atoms with van der Waals surface area (Å²) in [5.74, 6) is 1.65.